The first-order valence-corrected chi connectivity index (χ1v) is 8.58. The number of hydrogen-bond donors (Lipinski definition) is 2. The SMILES string of the molecule is Cc1ccc(NC(=O)c2c(Br)sc3c2CCCC3)c(O)c1. The van der Waals surface area contributed by atoms with E-state index in [0.717, 1.165) is 34.2 Å². The Balaban J connectivity index is 1.90. The number of carbonyl (C=O) groups is 1. The maximum absolute atomic E-state index is 12.6. The Bertz CT molecular complexity index is 709. The second kappa shape index (κ2) is 5.81. The van der Waals surface area contributed by atoms with Crippen LogP contribution >= 0.6 is 27.3 Å². The molecular weight excluding hydrogens is 350 g/mol. The lowest BCUT2D eigenvalue weighted by Crippen LogP contribution is -2.15. The molecule has 3 nitrogen and oxygen atoms in total. The van der Waals surface area contributed by atoms with E-state index in [9.17, 15) is 9.90 Å². The molecule has 110 valence electrons. The van der Waals surface area contributed by atoms with E-state index in [0.29, 0.717) is 5.69 Å². The number of aryl methyl sites for hydroxylation is 2. The van der Waals surface area contributed by atoms with Gasteiger partial charge in [-0.15, -0.1) is 11.3 Å². The summed E-state index contributed by atoms with van der Waals surface area (Å²) in [6.07, 6.45) is 4.34. The number of phenolic OH excluding ortho intramolecular Hbond substituents is 1. The molecule has 2 aromatic rings. The van der Waals surface area contributed by atoms with Crippen LogP contribution in [0.5, 0.6) is 5.75 Å². The van der Waals surface area contributed by atoms with Crippen LogP contribution in [0.2, 0.25) is 0 Å². The van der Waals surface area contributed by atoms with Crippen LogP contribution in [-0.4, -0.2) is 11.0 Å². The average Bonchev–Trinajstić information content (AvgIpc) is 2.77. The number of aromatic hydroxyl groups is 1. The summed E-state index contributed by atoms with van der Waals surface area (Å²) >= 11 is 5.17. The van der Waals surface area contributed by atoms with Gasteiger partial charge < -0.3 is 10.4 Å². The van der Waals surface area contributed by atoms with Crippen LogP contribution in [-0.2, 0) is 12.8 Å². The molecule has 5 heteroatoms. The van der Waals surface area contributed by atoms with Crippen molar-refractivity contribution < 1.29 is 9.90 Å². The van der Waals surface area contributed by atoms with Gasteiger partial charge in [-0.1, -0.05) is 6.07 Å². The molecular formula is C16H16BrNO2S. The number of benzene rings is 1. The molecule has 0 radical (unpaired) electrons. The number of fused-ring (bicyclic) bond motifs is 1. The minimum Gasteiger partial charge on any atom is -0.506 e. The Kier molecular flexibility index (Phi) is 4.04. The molecule has 2 N–H and O–H groups in total. The highest BCUT2D eigenvalue weighted by molar-refractivity contribution is 9.11. The van der Waals surface area contributed by atoms with Crippen molar-refractivity contribution in [3.05, 3.63) is 43.6 Å². The molecule has 0 fully saturated rings. The quantitative estimate of drug-likeness (QED) is 0.760. The lowest BCUT2D eigenvalue weighted by atomic mass is 9.95. The topological polar surface area (TPSA) is 49.3 Å². The van der Waals surface area contributed by atoms with E-state index in [1.54, 1.807) is 23.5 Å². The number of hydrogen-bond acceptors (Lipinski definition) is 3. The van der Waals surface area contributed by atoms with E-state index in [1.807, 2.05) is 13.0 Å². The molecule has 1 aliphatic carbocycles. The predicted molar refractivity (Wildman–Crippen MR) is 89.5 cm³/mol. The number of phenols is 1. The van der Waals surface area contributed by atoms with Gasteiger partial charge in [0.05, 0.1) is 15.0 Å². The van der Waals surface area contributed by atoms with Crippen LogP contribution in [0.4, 0.5) is 5.69 Å². The Morgan fingerprint density at radius 3 is 2.86 bits per heavy atom. The number of carbonyl (C=O) groups excluding carboxylic acids is 1. The number of amides is 1. The lowest BCUT2D eigenvalue weighted by molar-refractivity contribution is 0.102. The normalized spacial score (nSPS) is 13.8. The van der Waals surface area contributed by atoms with Gasteiger partial charge in [-0.2, -0.15) is 0 Å². The van der Waals surface area contributed by atoms with Gasteiger partial charge >= 0.3 is 0 Å². The van der Waals surface area contributed by atoms with E-state index in [1.165, 1.54) is 16.9 Å². The van der Waals surface area contributed by atoms with Crippen molar-refractivity contribution in [2.75, 3.05) is 5.32 Å². The van der Waals surface area contributed by atoms with Crippen molar-refractivity contribution in [1.29, 1.82) is 0 Å². The maximum Gasteiger partial charge on any atom is 0.258 e. The molecule has 3 rings (SSSR count). The summed E-state index contributed by atoms with van der Waals surface area (Å²) in [6, 6.07) is 5.25. The second-order valence-electron chi connectivity index (χ2n) is 5.33. The first kappa shape index (κ1) is 14.6. The molecule has 0 saturated heterocycles. The molecule has 21 heavy (non-hydrogen) atoms. The maximum atomic E-state index is 12.6. The van der Waals surface area contributed by atoms with Crippen LogP contribution < -0.4 is 5.32 Å². The number of thiophene rings is 1. The van der Waals surface area contributed by atoms with Gasteiger partial charge in [-0.3, -0.25) is 4.79 Å². The minimum absolute atomic E-state index is 0.101. The highest BCUT2D eigenvalue weighted by Crippen LogP contribution is 2.38. The molecule has 1 aliphatic rings. The molecule has 0 aliphatic heterocycles. The van der Waals surface area contributed by atoms with E-state index in [4.69, 9.17) is 0 Å². The van der Waals surface area contributed by atoms with Gasteiger partial charge in [-0.05, 0) is 71.8 Å². The summed E-state index contributed by atoms with van der Waals surface area (Å²) in [5, 5.41) is 12.7. The monoisotopic (exact) mass is 365 g/mol. The van der Waals surface area contributed by atoms with Gasteiger partial charge in [0.15, 0.2) is 0 Å². The number of nitrogens with one attached hydrogen (secondary N) is 1. The van der Waals surface area contributed by atoms with E-state index in [2.05, 4.69) is 21.2 Å². The van der Waals surface area contributed by atoms with Crippen LogP contribution in [0.15, 0.2) is 22.0 Å². The molecule has 1 amide bonds. The average molecular weight is 366 g/mol. The third kappa shape index (κ3) is 2.85. The summed E-state index contributed by atoms with van der Waals surface area (Å²) in [4.78, 5) is 13.9. The molecule has 1 aromatic carbocycles. The number of anilines is 1. The first-order valence-electron chi connectivity index (χ1n) is 6.97. The standard InChI is InChI=1S/C16H16BrNO2S/c1-9-6-7-11(12(19)8-9)18-16(20)14-10-4-2-3-5-13(10)21-15(14)17/h6-8,19H,2-5H2,1H3,(H,18,20). The van der Waals surface area contributed by atoms with E-state index >= 15 is 0 Å². The first-order chi connectivity index (χ1) is 10.1. The van der Waals surface area contributed by atoms with Crippen molar-refractivity contribution in [1.82, 2.24) is 0 Å². The van der Waals surface area contributed by atoms with E-state index in [-0.39, 0.29) is 11.7 Å². The van der Waals surface area contributed by atoms with Crippen molar-refractivity contribution >= 4 is 38.9 Å². The zero-order valence-corrected chi connectivity index (χ0v) is 14.1. The van der Waals surface area contributed by atoms with Gasteiger partial charge in [0.2, 0.25) is 0 Å². The van der Waals surface area contributed by atoms with Crippen LogP contribution in [0.25, 0.3) is 0 Å². The van der Waals surface area contributed by atoms with E-state index < -0.39 is 0 Å². The second-order valence-corrected chi connectivity index (χ2v) is 7.76. The third-order valence-corrected chi connectivity index (χ3v) is 5.72. The minimum atomic E-state index is -0.152. The number of halogens is 1. The fraction of sp³-hybridized carbons (Fsp3) is 0.312. The molecule has 0 saturated carbocycles. The summed E-state index contributed by atoms with van der Waals surface area (Å²) in [5.41, 5.74) is 3.31. The largest absolute Gasteiger partial charge is 0.506 e. The Labute approximate surface area is 136 Å². The van der Waals surface area contributed by atoms with Gasteiger partial charge in [-0.25, -0.2) is 0 Å². The molecule has 1 heterocycles. The number of rotatable bonds is 2. The predicted octanol–water partition coefficient (Wildman–Crippen LogP) is 4.66. The lowest BCUT2D eigenvalue weighted by Gasteiger charge is -2.13. The highest BCUT2D eigenvalue weighted by atomic mass is 79.9. The zero-order valence-electron chi connectivity index (χ0n) is 11.7. The zero-order chi connectivity index (χ0) is 15.0. The summed E-state index contributed by atoms with van der Waals surface area (Å²) in [5.74, 6) is -0.0519. The molecule has 1 aromatic heterocycles. The molecule has 0 bridgehead atoms. The molecule has 0 unspecified atom stereocenters. The van der Waals surface area contributed by atoms with Gasteiger partial charge in [0.1, 0.15) is 5.75 Å². The van der Waals surface area contributed by atoms with Crippen molar-refractivity contribution in [2.45, 2.75) is 32.6 Å². The highest BCUT2D eigenvalue weighted by Gasteiger charge is 2.24. The van der Waals surface area contributed by atoms with Crippen molar-refractivity contribution in [3.63, 3.8) is 0 Å². The summed E-state index contributed by atoms with van der Waals surface area (Å²) < 4.78 is 0.888. The summed E-state index contributed by atoms with van der Waals surface area (Å²) in [7, 11) is 0. The fourth-order valence-electron chi connectivity index (χ4n) is 2.69. The van der Waals surface area contributed by atoms with Gasteiger partial charge in [0.25, 0.3) is 5.91 Å². The third-order valence-electron chi connectivity index (χ3n) is 3.76. The van der Waals surface area contributed by atoms with Crippen molar-refractivity contribution in [2.24, 2.45) is 0 Å². The Morgan fingerprint density at radius 2 is 2.10 bits per heavy atom. The fourth-order valence-corrected chi connectivity index (χ4v) is 4.80. The van der Waals surface area contributed by atoms with Crippen molar-refractivity contribution in [3.8, 4) is 5.75 Å². The Hall–Kier alpha value is -1.33. The van der Waals surface area contributed by atoms with Crippen LogP contribution in [0.3, 0.4) is 0 Å². The molecule has 0 atom stereocenters. The van der Waals surface area contributed by atoms with Crippen LogP contribution in [0, 0.1) is 6.92 Å². The molecule has 0 spiro atoms. The van der Waals surface area contributed by atoms with Gasteiger partial charge in [0, 0.05) is 4.88 Å². The smallest absolute Gasteiger partial charge is 0.258 e. The Morgan fingerprint density at radius 1 is 1.33 bits per heavy atom. The van der Waals surface area contributed by atoms with Crippen LogP contribution in [0.1, 0.15) is 39.2 Å². The summed E-state index contributed by atoms with van der Waals surface area (Å²) in [6.45, 7) is 1.90.